The molecule has 0 aliphatic heterocycles. The van der Waals surface area contributed by atoms with Crippen molar-refractivity contribution in [2.75, 3.05) is 5.32 Å². The molecule has 1 N–H and O–H groups in total. The Morgan fingerprint density at radius 3 is 2.57 bits per heavy atom. The molecule has 2 amide bonds. The van der Waals surface area contributed by atoms with Crippen LogP contribution in [0, 0.1) is 13.8 Å². The summed E-state index contributed by atoms with van der Waals surface area (Å²) in [4.78, 5) is 20.5. The van der Waals surface area contributed by atoms with Crippen LogP contribution in [0.25, 0.3) is 0 Å². The molecule has 122 valence electrons. The van der Waals surface area contributed by atoms with Crippen LogP contribution in [0.1, 0.15) is 41.3 Å². The Labute approximate surface area is 141 Å². The predicted molar refractivity (Wildman–Crippen MR) is 94.8 cm³/mol. The summed E-state index contributed by atoms with van der Waals surface area (Å²) in [5.74, 6) is 0. The molecule has 1 aliphatic rings. The Hall–Kier alpha value is -1.88. The molecule has 0 unspecified atom stereocenters. The maximum Gasteiger partial charge on any atom is 0.322 e. The Morgan fingerprint density at radius 1 is 1.26 bits per heavy atom. The van der Waals surface area contributed by atoms with E-state index in [1.165, 1.54) is 17.7 Å². The lowest BCUT2D eigenvalue weighted by Crippen LogP contribution is -2.41. The summed E-state index contributed by atoms with van der Waals surface area (Å²) < 4.78 is 0. The summed E-state index contributed by atoms with van der Waals surface area (Å²) >= 11 is 1.69. The van der Waals surface area contributed by atoms with Gasteiger partial charge >= 0.3 is 6.03 Å². The molecule has 5 heteroatoms. The number of hydrogen-bond donors (Lipinski definition) is 1. The Kier molecular flexibility index (Phi) is 4.96. The summed E-state index contributed by atoms with van der Waals surface area (Å²) in [6.07, 6.45) is 4.61. The number of benzene rings is 1. The van der Waals surface area contributed by atoms with Crippen molar-refractivity contribution in [2.45, 2.75) is 52.1 Å². The fourth-order valence-corrected chi connectivity index (χ4v) is 4.11. The Morgan fingerprint density at radius 2 is 1.96 bits per heavy atom. The first-order valence-electron chi connectivity index (χ1n) is 8.19. The molecule has 0 radical (unpaired) electrons. The molecular formula is C18H23N3OS. The number of thiazole rings is 1. The van der Waals surface area contributed by atoms with Gasteiger partial charge in [0.1, 0.15) is 0 Å². The summed E-state index contributed by atoms with van der Waals surface area (Å²) in [6.45, 7) is 4.70. The molecule has 1 aromatic heterocycles. The van der Waals surface area contributed by atoms with Crippen LogP contribution in [-0.2, 0) is 6.54 Å². The zero-order valence-electron chi connectivity index (χ0n) is 13.7. The van der Waals surface area contributed by atoms with E-state index >= 15 is 0 Å². The van der Waals surface area contributed by atoms with E-state index in [1.54, 1.807) is 11.3 Å². The molecule has 1 aliphatic carbocycles. The lowest BCUT2D eigenvalue weighted by molar-refractivity contribution is 0.185. The van der Waals surface area contributed by atoms with Crippen LogP contribution in [-0.4, -0.2) is 22.0 Å². The fourth-order valence-electron chi connectivity index (χ4n) is 3.17. The van der Waals surface area contributed by atoms with E-state index in [0.717, 1.165) is 29.2 Å². The summed E-state index contributed by atoms with van der Waals surface area (Å²) in [7, 11) is 0. The van der Waals surface area contributed by atoms with E-state index in [4.69, 9.17) is 0 Å². The highest BCUT2D eigenvalue weighted by Gasteiger charge is 2.28. The monoisotopic (exact) mass is 329 g/mol. The van der Waals surface area contributed by atoms with E-state index in [2.05, 4.69) is 10.3 Å². The first kappa shape index (κ1) is 16.0. The molecule has 0 spiro atoms. The first-order chi connectivity index (χ1) is 11.1. The molecule has 0 bridgehead atoms. The topological polar surface area (TPSA) is 45.2 Å². The molecule has 1 fully saturated rings. The fraction of sp³-hybridized carbons (Fsp3) is 0.444. The van der Waals surface area contributed by atoms with Crippen molar-refractivity contribution in [3.63, 3.8) is 0 Å². The van der Waals surface area contributed by atoms with Crippen molar-refractivity contribution in [2.24, 2.45) is 0 Å². The van der Waals surface area contributed by atoms with Gasteiger partial charge in [-0.2, -0.15) is 0 Å². The number of nitrogens with one attached hydrogen (secondary N) is 1. The molecule has 23 heavy (non-hydrogen) atoms. The zero-order valence-corrected chi connectivity index (χ0v) is 14.5. The van der Waals surface area contributed by atoms with Gasteiger partial charge in [-0.25, -0.2) is 9.78 Å². The molecule has 4 nitrogen and oxygen atoms in total. The van der Waals surface area contributed by atoms with Crippen LogP contribution in [0.2, 0.25) is 0 Å². The highest BCUT2D eigenvalue weighted by molar-refractivity contribution is 7.11. The number of aromatic nitrogens is 1. The average Bonchev–Trinajstić information content (AvgIpc) is 3.15. The number of rotatable bonds is 4. The molecule has 3 rings (SSSR count). The van der Waals surface area contributed by atoms with Gasteiger partial charge in [-0.1, -0.05) is 31.0 Å². The molecule has 0 atom stereocenters. The van der Waals surface area contributed by atoms with Gasteiger partial charge in [0, 0.05) is 16.6 Å². The standard InChI is InChI=1S/C18H23N3OS/c1-13-17(23-14(2)19-13)12-21(16-10-6-7-11-16)18(22)20-15-8-4-3-5-9-15/h3-5,8-9,16H,6-7,10-12H2,1-2H3,(H,20,22). The van der Waals surface area contributed by atoms with Gasteiger partial charge in [0.05, 0.1) is 17.2 Å². The summed E-state index contributed by atoms with van der Waals surface area (Å²) in [5, 5.41) is 4.10. The molecule has 1 aromatic carbocycles. The highest BCUT2D eigenvalue weighted by atomic mass is 32.1. The summed E-state index contributed by atoms with van der Waals surface area (Å²) in [5.41, 5.74) is 1.89. The van der Waals surface area contributed by atoms with Gasteiger partial charge in [-0.15, -0.1) is 11.3 Å². The van der Waals surface area contributed by atoms with E-state index in [-0.39, 0.29) is 6.03 Å². The average molecular weight is 329 g/mol. The van der Waals surface area contributed by atoms with Crippen LogP contribution >= 0.6 is 11.3 Å². The van der Waals surface area contributed by atoms with E-state index in [0.29, 0.717) is 12.6 Å². The van der Waals surface area contributed by atoms with Crippen molar-refractivity contribution in [3.05, 3.63) is 45.9 Å². The number of para-hydroxylation sites is 1. The van der Waals surface area contributed by atoms with Gasteiger partial charge in [-0.3, -0.25) is 0 Å². The first-order valence-corrected chi connectivity index (χ1v) is 9.00. The largest absolute Gasteiger partial charge is 0.322 e. The number of nitrogens with zero attached hydrogens (tertiary/aromatic N) is 2. The van der Waals surface area contributed by atoms with Crippen molar-refractivity contribution >= 4 is 23.1 Å². The van der Waals surface area contributed by atoms with Crippen molar-refractivity contribution in [1.29, 1.82) is 0 Å². The van der Waals surface area contributed by atoms with Crippen molar-refractivity contribution < 1.29 is 4.79 Å². The van der Waals surface area contributed by atoms with Crippen molar-refractivity contribution in [1.82, 2.24) is 9.88 Å². The van der Waals surface area contributed by atoms with Gasteiger partial charge in [0.25, 0.3) is 0 Å². The van der Waals surface area contributed by atoms with Gasteiger partial charge in [-0.05, 0) is 38.8 Å². The van der Waals surface area contributed by atoms with Crippen LogP contribution in [0.15, 0.2) is 30.3 Å². The van der Waals surface area contributed by atoms with Gasteiger partial charge < -0.3 is 10.2 Å². The zero-order chi connectivity index (χ0) is 16.2. The number of carbonyl (C=O) groups excluding carboxylic acids is 1. The van der Waals surface area contributed by atoms with E-state index in [1.807, 2.05) is 49.1 Å². The number of aryl methyl sites for hydroxylation is 2. The normalized spacial score (nSPS) is 14.9. The second-order valence-corrected chi connectivity index (χ2v) is 7.39. The molecule has 2 aromatic rings. The molecular weight excluding hydrogens is 306 g/mol. The molecule has 0 saturated heterocycles. The highest BCUT2D eigenvalue weighted by Crippen LogP contribution is 2.28. The van der Waals surface area contributed by atoms with E-state index < -0.39 is 0 Å². The van der Waals surface area contributed by atoms with Crippen LogP contribution in [0.4, 0.5) is 10.5 Å². The SMILES string of the molecule is Cc1nc(C)c(CN(C(=O)Nc2ccccc2)C2CCCC2)s1. The quantitative estimate of drug-likeness (QED) is 0.881. The third kappa shape index (κ3) is 3.91. The van der Waals surface area contributed by atoms with Crippen LogP contribution in [0.3, 0.4) is 0 Å². The van der Waals surface area contributed by atoms with Crippen molar-refractivity contribution in [3.8, 4) is 0 Å². The van der Waals surface area contributed by atoms with Crippen LogP contribution < -0.4 is 5.32 Å². The van der Waals surface area contributed by atoms with Crippen LogP contribution in [0.5, 0.6) is 0 Å². The lowest BCUT2D eigenvalue weighted by Gasteiger charge is -2.29. The number of amides is 2. The minimum absolute atomic E-state index is 0.00597. The lowest BCUT2D eigenvalue weighted by atomic mass is 10.2. The third-order valence-corrected chi connectivity index (χ3v) is 5.42. The third-order valence-electron chi connectivity index (χ3n) is 4.36. The number of urea groups is 1. The number of hydrogen-bond acceptors (Lipinski definition) is 3. The van der Waals surface area contributed by atoms with Gasteiger partial charge in [0.2, 0.25) is 0 Å². The Balaban J connectivity index is 1.77. The molecule has 1 heterocycles. The molecule has 1 saturated carbocycles. The minimum Gasteiger partial charge on any atom is -0.316 e. The maximum atomic E-state index is 12.8. The number of anilines is 1. The second-order valence-electron chi connectivity index (χ2n) is 6.10. The number of carbonyl (C=O) groups is 1. The predicted octanol–water partition coefficient (Wildman–Crippen LogP) is 4.74. The Bertz CT molecular complexity index is 662. The van der Waals surface area contributed by atoms with Gasteiger partial charge in [0.15, 0.2) is 0 Å². The second kappa shape index (κ2) is 7.13. The minimum atomic E-state index is -0.00597. The smallest absolute Gasteiger partial charge is 0.316 e. The van der Waals surface area contributed by atoms with E-state index in [9.17, 15) is 4.79 Å². The summed E-state index contributed by atoms with van der Waals surface area (Å²) in [6, 6.07) is 10.0. The maximum absolute atomic E-state index is 12.8.